The molecule has 1 atom stereocenters. The highest BCUT2D eigenvalue weighted by molar-refractivity contribution is 8.15. The van der Waals surface area contributed by atoms with Crippen LogP contribution < -0.4 is 19.5 Å². The van der Waals surface area contributed by atoms with Crippen LogP contribution in [0, 0.1) is 0 Å². The molecule has 2 N–H and O–H groups in total. The normalized spacial score (nSPS) is 18.4. The highest BCUT2D eigenvalue weighted by atomic mass is 32.2. The minimum Gasteiger partial charge on any atom is -0.493 e. The number of nitrogens with zero attached hydrogens (tertiary/aromatic N) is 2. The number of carbonyl (C=O) groups is 2. The smallest absolute Gasteiger partial charge is 0.305 e. The summed E-state index contributed by atoms with van der Waals surface area (Å²) >= 11 is 1.03. The van der Waals surface area contributed by atoms with Crippen molar-refractivity contribution in [1.82, 2.24) is 5.32 Å². The van der Waals surface area contributed by atoms with E-state index < -0.39 is 17.1 Å². The Balaban J connectivity index is 2.14. The van der Waals surface area contributed by atoms with Gasteiger partial charge in [-0.1, -0.05) is 11.8 Å². The van der Waals surface area contributed by atoms with Crippen molar-refractivity contribution >= 4 is 35.0 Å². The molecule has 1 aliphatic heterocycles. The first-order valence-corrected chi connectivity index (χ1v) is 7.96. The Labute approximate surface area is 148 Å². The lowest BCUT2D eigenvalue weighted by Gasteiger charge is -2.12. The summed E-state index contributed by atoms with van der Waals surface area (Å²) in [5, 5.41) is 18.6. The van der Waals surface area contributed by atoms with Crippen LogP contribution in [0.1, 0.15) is 12.0 Å². The number of methoxy groups -OCH3 is 3. The Hall–Kier alpha value is -2.75. The summed E-state index contributed by atoms with van der Waals surface area (Å²) in [7, 11) is 4.52. The quantitative estimate of drug-likeness (QED) is 0.547. The van der Waals surface area contributed by atoms with Crippen LogP contribution in [0.2, 0.25) is 0 Å². The molecule has 1 aliphatic rings. The summed E-state index contributed by atoms with van der Waals surface area (Å²) in [6.45, 7) is 0. The van der Waals surface area contributed by atoms with Gasteiger partial charge in [0.2, 0.25) is 11.7 Å². The van der Waals surface area contributed by atoms with Crippen molar-refractivity contribution in [2.45, 2.75) is 11.7 Å². The molecule has 0 aromatic heterocycles. The number of benzene rings is 1. The first-order valence-electron chi connectivity index (χ1n) is 7.08. The van der Waals surface area contributed by atoms with Crippen molar-refractivity contribution in [1.29, 1.82) is 0 Å². The molecule has 1 saturated heterocycles. The first-order chi connectivity index (χ1) is 12.0. The molecule has 0 unspecified atom stereocenters. The van der Waals surface area contributed by atoms with Gasteiger partial charge in [0.05, 0.1) is 34.0 Å². The Bertz CT molecular complexity index is 709. The van der Waals surface area contributed by atoms with Gasteiger partial charge in [-0.25, -0.2) is 0 Å². The lowest BCUT2D eigenvalue weighted by atomic mass is 10.2. The van der Waals surface area contributed by atoms with Crippen molar-refractivity contribution in [3.63, 3.8) is 0 Å². The SMILES string of the molecule is COc1cc(/C=N/N=C2/NC(=O)[C@H](CC(=O)O)S2)cc(OC)c1OC. The molecule has 10 heteroatoms. The maximum atomic E-state index is 11.6. The number of nitrogens with one attached hydrogen (secondary N) is 1. The van der Waals surface area contributed by atoms with E-state index in [9.17, 15) is 9.59 Å². The highest BCUT2D eigenvalue weighted by Crippen LogP contribution is 2.37. The second-order valence-corrected chi connectivity index (χ2v) is 5.99. The first kappa shape index (κ1) is 18.6. The predicted octanol–water partition coefficient (Wildman–Crippen LogP) is 1.11. The van der Waals surface area contributed by atoms with Crippen molar-refractivity contribution in [3.8, 4) is 17.2 Å². The standard InChI is InChI=1S/C15H17N3O6S/c1-22-9-4-8(5-10(23-2)13(9)24-3)7-16-18-15-17-14(21)11(25-15)6-12(19)20/h4-5,7,11H,6H2,1-3H3,(H,19,20)(H,17,18,21)/b16-7+/t11-/m0/s1. The lowest BCUT2D eigenvalue weighted by molar-refractivity contribution is -0.138. The summed E-state index contributed by atoms with van der Waals surface area (Å²) in [6, 6.07) is 3.39. The number of rotatable bonds is 7. The number of aliphatic carboxylic acids is 1. The average molecular weight is 367 g/mol. The lowest BCUT2D eigenvalue weighted by Crippen LogP contribution is -2.26. The molecule has 1 aromatic rings. The van der Waals surface area contributed by atoms with Gasteiger partial charge in [-0.15, -0.1) is 5.10 Å². The van der Waals surface area contributed by atoms with E-state index in [1.54, 1.807) is 12.1 Å². The number of amidine groups is 1. The Morgan fingerprint density at radius 2 is 1.92 bits per heavy atom. The van der Waals surface area contributed by atoms with Crippen LogP contribution in [0.15, 0.2) is 22.3 Å². The molecule has 0 bridgehead atoms. The maximum Gasteiger partial charge on any atom is 0.305 e. The third-order valence-corrected chi connectivity index (χ3v) is 4.25. The van der Waals surface area contributed by atoms with Crippen LogP contribution in [-0.2, 0) is 9.59 Å². The summed E-state index contributed by atoms with van der Waals surface area (Å²) in [5.74, 6) is -0.0328. The summed E-state index contributed by atoms with van der Waals surface area (Å²) in [6.07, 6.45) is 1.18. The third-order valence-electron chi connectivity index (χ3n) is 3.18. The maximum absolute atomic E-state index is 11.6. The van der Waals surface area contributed by atoms with E-state index in [-0.39, 0.29) is 11.6 Å². The second kappa shape index (κ2) is 8.38. The van der Waals surface area contributed by atoms with Crippen LogP contribution in [0.5, 0.6) is 17.2 Å². The van der Waals surface area contributed by atoms with Crippen LogP contribution in [-0.4, -0.2) is 54.9 Å². The Kier molecular flexibility index (Phi) is 6.23. The Morgan fingerprint density at radius 3 is 2.44 bits per heavy atom. The molecule has 1 fully saturated rings. The fraction of sp³-hybridized carbons (Fsp3) is 0.333. The highest BCUT2D eigenvalue weighted by Gasteiger charge is 2.32. The molecule has 1 amide bonds. The van der Waals surface area contributed by atoms with Gasteiger partial charge in [-0.05, 0) is 12.1 Å². The van der Waals surface area contributed by atoms with Crippen molar-refractivity contribution in [3.05, 3.63) is 17.7 Å². The van der Waals surface area contributed by atoms with Gasteiger partial charge in [0.1, 0.15) is 5.25 Å². The topological polar surface area (TPSA) is 119 Å². The van der Waals surface area contributed by atoms with Crippen LogP contribution in [0.25, 0.3) is 0 Å². The van der Waals surface area contributed by atoms with E-state index in [1.807, 2.05) is 0 Å². The van der Waals surface area contributed by atoms with Gasteiger partial charge in [-0.3, -0.25) is 9.59 Å². The predicted molar refractivity (Wildman–Crippen MR) is 92.9 cm³/mol. The zero-order valence-corrected chi connectivity index (χ0v) is 14.6. The van der Waals surface area contributed by atoms with Crippen LogP contribution in [0.3, 0.4) is 0 Å². The summed E-state index contributed by atoms with van der Waals surface area (Å²) in [5.41, 5.74) is 0.648. The number of carbonyl (C=O) groups excluding carboxylic acids is 1. The zero-order valence-electron chi connectivity index (χ0n) is 13.8. The van der Waals surface area contributed by atoms with Crippen molar-refractivity contribution in [2.75, 3.05) is 21.3 Å². The van der Waals surface area contributed by atoms with Gasteiger partial charge >= 0.3 is 5.97 Å². The fourth-order valence-electron chi connectivity index (χ4n) is 2.07. The van der Waals surface area contributed by atoms with Crippen molar-refractivity contribution in [2.24, 2.45) is 10.2 Å². The van der Waals surface area contributed by atoms with Gasteiger partial charge in [0, 0.05) is 5.56 Å². The second-order valence-electron chi connectivity index (χ2n) is 4.80. The number of thioether (sulfide) groups is 1. The molecule has 9 nitrogen and oxygen atoms in total. The molecule has 0 spiro atoms. The van der Waals surface area contributed by atoms with Gasteiger partial charge in [0.15, 0.2) is 16.7 Å². The number of carboxylic acids is 1. The van der Waals surface area contributed by atoms with Gasteiger partial charge in [0.25, 0.3) is 0 Å². The van der Waals surface area contributed by atoms with E-state index in [0.717, 1.165) is 11.8 Å². The van der Waals surface area contributed by atoms with E-state index in [1.165, 1.54) is 27.5 Å². The van der Waals surface area contributed by atoms with E-state index in [0.29, 0.717) is 22.8 Å². The summed E-state index contributed by atoms with van der Waals surface area (Å²) in [4.78, 5) is 22.3. The Morgan fingerprint density at radius 1 is 1.28 bits per heavy atom. The number of hydrogen-bond donors (Lipinski definition) is 2. The monoisotopic (exact) mass is 367 g/mol. The third kappa shape index (κ3) is 4.63. The number of carboxylic acid groups (broad SMARTS) is 1. The molecule has 2 rings (SSSR count). The minimum atomic E-state index is -1.05. The molecule has 1 heterocycles. The van der Waals surface area contributed by atoms with Gasteiger partial charge < -0.3 is 24.6 Å². The van der Waals surface area contributed by atoms with E-state index in [2.05, 4.69) is 15.5 Å². The van der Waals surface area contributed by atoms with E-state index >= 15 is 0 Å². The number of amides is 1. The van der Waals surface area contributed by atoms with Crippen LogP contribution >= 0.6 is 11.8 Å². The summed E-state index contributed by atoms with van der Waals surface area (Å²) < 4.78 is 15.7. The fourth-order valence-corrected chi connectivity index (χ4v) is 2.98. The van der Waals surface area contributed by atoms with E-state index in [4.69, 9.17) is 19.3 Å². The molecular weight excluding hydrogens is 350 g/mol. The number of hydrogen-bond acceptors (Lipinski definition) is 8. The number of ether oxygens (including phenoxy) is 3. The molecule has 134 valence electrons. The molecule has 0 radical (unpaired) electrons. The molecule has 0 aliphatic carbocycles. The molecule has 0 saturated carbocycles. The van der Waals surface area contributed by atoms with Crippen LogP contribution in [0.4, 0.5) is 0 Å². The largest absolute Gasteiger partial charge is 0.493 e. The molecule has 25 heavy (non-hydrogen) atoms. The van der Waals surface area contributed by atoms with Crippen molar-refractivity contribution < 1.29 is 28.9 Å². The zero-order chi connectivity index (χ0) is 18.4. The molecular formula is C15H17N3O6S. The molecule has 1 aromatic carbocycles. The van der Waals surface area contributed by atoms with Gasteiger partial charge in [-0.2, -0.15) is 5.10 Å². The average Bonchev–Trinajstić information content (AvgIpc) is 2.92. The minimum absolute atomic E-state index is 0.250.